The summed E-state index contributed by atoms with van der Waals surface area (Å²) >= 11 is 0. The first-order chi connectivity index (χ1) is 7.09. The van der Waals surface area contributed by atoms with Crippen LogP contribution in [0.25, 0.3) is 0 Å². The standard InChI is InChI=1S/C13H24O2/c1-9(8-14)10-5-6-11-12(15)4-3-7-13(10,11)2/h9-12,14-15H,3-8H2,1-2H3/t9-,10+,11?,12?,13-/m1/s1. The van der Waals surface area contributed by atoms with Gasteiger partial charge in [0.2, 0.25) is 0 Å². The smallest absolute Gasteiger partial charge is 0.0573 e. The molecule has 2 nitrogen and oxygen atoms in total. The Balaban J connectivity index is 2.17. The second kappa shape index (κ2) is 4.06. The molecule has 0 amide bonds. The summed E-state index contributed by atoms with van der Waals surface area (Å²) in [6.45, 7) is 4.78. The summed E-state index contributed by atoms with van der Waals surface area (Å²) in [6.07, 6.45) is 5.65. The highest BCUT2D eigenvalue weighted by atomic mass is 16.3. The molecule has 0 bridgehead atoms. The highest BCUT2D eigenvalue weighted by Crippen LogP contribution is 2.57. The van der Waals surface area contributed by atoms with Crippen molar-refractivity contribution in [3.05, 3.63) is 0 Å². The van der Waals surface area contributed by atoms with Crippen molar-refractivity contribution in [2.24, 2.45) is 23.2 Å². The first-order valence-corrected chi connectivity index (χ1v) is 6.38. The van der Waals surface area contributed by atoms with E-state index < -0.39 is 0 Å². The first kappa shape index (κ1) is 11.4. The predicted octanol–water partition coefficient (Wildman–Crippen LogP) is 2.19. The second-order valence-corrected chi connectivity index (χ2v) is 5.92. The van der Waals surface area contributed by atoms with Crippen LogP contribution in [-0.4, -0.2) is 22.9 Å². The zero-order valence-electron chi connectivity index (χ0n) is 9.95. The molecule has 2 saturated carbocycles. The molecule has 2 rings (SSSR count). The number of hydrogen-bond donors (Lipinski definition) is 2. The molecule has 2 N–H and O–H groups in total. The van der Waals surface area contributed by atoms with Crippen molar-refractivity contribution in [3.63, 3.8) is 0 Å². The summed E-state index contributed by atoms with van der Waals surface area (Å²) < 4.78 is 0. The number of rotatable bonds is 2. The van der Waals surface area contributed by atoms with Gasteiger partial charge >= 0.3 is 0 Å². The molecule has 15 heavy (non-hydrogen) atoms. The van der Waals surface area contributed by atoms with Gasteiger partial charge in [0.25, 0.3) is 0 Å². The molecule has 88 valence electrons. The molecule has 2 aliphatic rings. The van der Waals surface area contributed by atoms with Gasteiger partial charge in [0.15, 0.2) is 0 Å². The number of aliphatic hydroxyl groups is 2. The molecule has 2 fully saturated rings. The van der Waals surface area contributed by atoms with Crippen molar-refractivity contribution in [1.29, 1.82) is 0 Å². The third-order valence-electron chi connectivity index (χ3n) is 5.14. The van der Waals surface area contributed by atoms with Crippen molar-refractivity contribution in [2.45, 2.75) is 52.1 Å². The molecule has 2 unspecified atom stereocenters. The first-order valence-electron chi connectivity index (χ1n) is 6.38. The molecular weight excluding hydrogens is 188 g/mol. The van der Waals surface area contributed by atoms with Crippen LogP contribution in [0.4, 0.5) is 0 Å². The molecule has 5 atom stereocenters. The van der Waals surface area contributed by atoms with Gasteiger partial charge in [0, 0.05) is 6.61 Å². The van der Waals surface area contributed by atoms with Gasteiger partial charge < -0.3 is 10.2 Å². The molecule has 0 aromatic rings. The highest BCUT2D eigenvalue weighted by molar-refractivity contribution is 5.01. The lowest BCUT2D eigenvalue weighted by Gasteiger charge is -2.45. The molecule has 0 aromatic carbocycles. The van der Waals surface area contributed by atoms with Gasteiger partial charge in [-0.05, 0) is 48.9 Å². The summed E-state index contributed by atoms with van der Waals surface area (Å²) in [5.41, 5.74) is 0.291. The van der Waals surface area contributed by atoms with E-state index >= 15 is 0 Å². The lowest BCUT2D eigenvalue weighted by atomic mass is 9.62. The Hall–Kier alpha value is -0.0800. The summed E-state index contributed by atoms with van der Waals surface area (Å²) in [4.78, 5) is 0. The van der Waals surface area contributed by atoms with Gasteiger partial charge in [-0.2, -0.15) is 0 Å². The summed E-state index contributed by atoms with van der Waals surface area (Å²) in [7, 11) is 0. The van der Waals surface area contributed by atoms with Gasteiger partial charge in [0.05, 0.1) is 6.10 Å². The van der Waals surface area contributed by atoms with Crippen LogP contribution in [0.5, 0.6) is 0 Å². The lowest BCUT2D eigenvalue weighted by molar-refractivity contribution is -0.0321. The van der Waals surface area contributed by atoms with E-state index in [4.69, 9.17) is 0 Å². The fourth-order valence-electron chi connectivity index (χ4n) is 4.25. The number of hydrogen-bond acceptors (Lipinski definition) is 2. The third kappa shape index (κ3) is 1.72. The SMILES string of the molecule is C[C@H](CO)[C@@H]1CCC2C(O)CCC[C@@]21C. The maximum absolute atomic E-state index is 10.1. The van der Waals surface area contributed by atoms with Gasteiger partial charge in [-0.3, -0.25) is 0 Å². The molecule has 2 aliphatic carbocycles. The van der Waals surface area contributed by atoms with E-state index in [1.54, 1.807) is 0 Å². The van der Waals surface area contributed by atoms with Crippen molar-refractivity contribution in [2.75, 3.05) is 6.61 Å². The minimum Gasteiger partial charge on any atom is -0.396 e. The van der Waals surface area contributed by atoms with Crippen LogP contribution < -0.4 is 0 Å². The van der Waals surface area contributed by atoms with Crippen LogP contribution >= 0.6 is 0 Å². The summed E-state index contributed by atoms with van der Waals surface area (Å²) in [5, 5.41) is 19.4. The Kier molecular flexibility index (Phi) is 3.09. The van der Waals surface area contributed by atoms with Crippen molar-refractivity contribution >= 4 is 0 Å². The summed E-state index contributed by atoms with van der Waals surface area (Å²) in [6, 6.07) is 0. The van der Waals surface area contributed by atoms with E-state index in [0.29, 0.717) is 29.8 Å². The molecule has 2 heteroatoms. The Morgan fingerprint density at radius 1 is 1.33 bits per heavy atom. The average Bonchev–Trinajstić information content (AvgIpc) is 2.56. The molecule has 0 saturated heterocycles. The van der Waals surface area contributed by atoms with Gasteiger partial charge in [-0.25, -0.2) is 0 Å². The van der Waals surface area contributed by atoms with Gasteiger partial charge in [-0.15, -0.1) is 0 Å². The second-order valence-electron chi connectivity index (χ2n) is 5.92. The van der Waals surface area contributed by atoms with E-state index in [2.05, 4.69) is 13.8 Å². The van der Waals surface area contributed by atoms with Crippen LogP contribution in [-0.2, 0) is 0 Å². The molecule has 0 aliphatic heterocycles. The Labute approximate surface area is 92.7 Å². The molecule has 0 heterocycles. The molecule has 0 spiro atoms. The Morgan fingerprint density at radius 2 is 2.07 bits per heavy atom. The highest BCUT2D eigenvalue weighted by Gasteiger charge is 2.51. The van der Waals surface area contributed by atoms with Crippen molar-refractivity contribution < 1.29 is 10.2 Å². The van der Waals surface area contributed by atoms with Crippen LogP contribution in [0.1, 0.15) is 46.0 Å². The van der Waals surface area contributed by atoms with Gasteiger partial charge in [0.1, 0.15) is 0 Å². The average molecular weight is 212 g/mol. The number of aliphatic hydroxyl groups excluding tert-OH is 2. The van der Waals surface area contributed by atoms with E-state index in [1.807, 2.05) is 0 Å². The normalized spacial score (nSPS) is 47.6. The van der Waals surface area contributed by atoms with E-state index in [9.17, 15) is 10.2 Å². The Morgan fingerprint density at radius 3 is 2.73 bits per heavy atom. The van der Waals surface area contributed by atoms with Crippen molar-refractivity contribution in [3.8, 4) is 0 Å². The molecule has 0 aromatic heterocycles. The third-order valence-corrected chi connectivity index (χ3v) is 5.14. The van der Waals surface area contributed by atoms with Gasteiger partial charge in [-0.1, -0.05) is 20.3 Å². The molecule has 0 radical (unpaired) electrons. The monoisotopic (exact) mass is 212 g/mol. The van der Waals surface area contributed by atoms with Crippen LogP contribution in [0.3, 0.4) is 0 Å². The zero-order chi connectivity index (χ0) is 11.1. The van der Waals surface area contributed by atoms with E-state index in [1.165, 1.54) is 12.8 Å². The largest absolute Gasteiger partial charge is 0.396 e. The van der Waals surface area contributed by atoms with E-state index in [-0.39, 0.29) is 6.10 Å². The Bertz CT molecular complexity index is 229. The minimum absolute atomic E-state index is 0.0837. The maximum atomic E-state index is 10.1. The summed E-state index contributed by atoms with van der Waals surface area (Å²) in [5.74, 6) is 1.50. The lowest BCUT2D eigenvalue weighted by Crippen LogP contribution is -2.41. The van der Waals surface area contributed by atoms with Crippen LogP contribution in [0.2, 0.25) is 0 Å². The van der Waals surface area contributed by atoms with Crippen LogP contribution in [0.15, 0.2) is 0 Å². The van der Waals surface area contributed by atoms with E-state index in [0.717, 1.165) is 19.3 Å². The predicted molar refractivity (Wildman–Crippen MR) is 60.4 cm³/mol. The quantitative estimate of drug-likeness (QED) is 0.736. The molecular formula is C13H24O2. The minimum atomic E-state index is -0.0837. The van der Waals surface area contributed by atoms with Crippen LogP contribution in [0, 0.1) is 23.2 Å². The maximum Gasteiger partial charge on any atom is 0.0573 e. The fraction of sp³-hybridized carbons (Fsp3) is 1.00. The topological polar surface area (TPSA) is 40.5 Å². The van der Waals surface area contributed by atoms with Crippen molar-refractivity contribution in [1.82, 2.24) is 0 Å². The number of fused-ring (bicyclic) bond motifs is 1. The zero-order valence-corrected chi connectivity index (χ0v) is 9.95. The fourth-order valence-corrected chi connectivity index (χ4v) is 4.25.